The Balaban J connectivity index is 0.00000324. The van der Waals surface area contributed by atoms with E-state index in [2.05, 4.69) is 0 Å². The van der Waals surface area contributed by atoms with Crippen LogP contribution in [0.4, 0.5) is 0 Å². The lowest BCUT2D eigenvalue weighted by Gasteiger charge is -2.25. The first-order valence-electron chi connectivity index (χ1n) is 6.52. The van der Waals surface area contributed by atoms with Gasteiger partial charge in [-0.1, -0.05) is 32.0 Å². The van der Waals surface area contributed by atoms with Crippen molar-refractivity contribution in [2.45, 2.75) is 46.3 Å². The van der Waals surface area contributed by atoms with Crippen molar-refractivity contribution in [2.75, 3.05) is 6.61 Å². The molecule has 0 aliphatic rings. The minimum atomic E-state index is -1.13. The summed E-state index contributed by atoms with van der Waals surface area (Å²) in [4.78, 5) is 0. The molecule has 0 heterocycles. The minimum absolute atomic E-state index is 0. The third kappa shape index (κ3) is 6.28. The Labute approximate surface area is 122 Å². The highest BCUT2D eigenvalue weighted by Crippen LogP contribution is 2.23. The summed E-state index contributed by atoms with van der Waals surface area (Å²) in [6.45, 7) is 8.57. The van der Waals surface area contributed by atoms with Crippen LogP contribution in [0.25, 0.3) is 0 Å². The fourth-order valence-corrected chi connectivity index (χ4v) is 2.17. The first kappa shape index (κ1) is 18.2. The van der Waals surface area contributed by atoms with E-state index in [0.717, 1.165) is 16.9 Å². The normalized spacial score (nSPS) is 13.8. The van der Waals surface area contributed by atoms with E-state index >= 15 is 0 Å². The van der Waals surface area contributed by atoms with Gasteiger partial charge in [-0.25, -0.2) is 0 Å². The monoisotopic (exact) mass is 287 g/mol. The number of hydrogen-bond donors (Lipinski definition) is 2. The smallest absolute Gasteiger partial charge is 0.125 e. The molecule has 0 aromatic heterocycles. The predicted molar refractivity (Wildman–Crippen MR) is 81.9 cm³/mol. The molecule has 4 heteroatoms. The minimum Gasteiger partial charge on any atom is -0.493 e. The van der Waals surface area contributed by atoms with Gasteiger partial charge in [0.25, 0.3) is 0 Å². The van der Waals surface area contributed by atoms with Gasteiger partial charge < -0.3 is 15.6 Å². The molecule has 3 N–H and O–H groups in total. The van der Waals surface area contributed by atoms with E-state index in [0.29, 0.717) is 25.4 Å². The molecule has 1 rings (SSSR count). The molecule has 0 fully saturated rings. The van der Waals surface area contributed by atoms with Crippen molar-refractivity contribution in [3.05, 3.63) is 29.3 Å². The van der Waals surface area contributed by atoms with Crippen LogP contribution < -0.4 is 10.5 Å². The number of para-hydroxylation sites is 1. The van der Waals surface area contributed by atoms with E-state index in [9.17, 15) is 5.11 Å². The summed E-state index contributed by atoms with van der Waals surface area (Å²) in [6.07, 6.45) is 1.03. The zero-order chi connectivity index (χ0) is 13.8. The molecule has 0 spiro atoms. The highest BCUT2D eigenvalue weighted by Gasteiger charge is 2.22. The summed E-state index contributed by atoms with van der Waals surface area (Å²) in [6, 6.07) is 6.05. The maximum absolute atomic E-state index is 10.00. The van der Waals surface area contributed by atoms with Gasteiger partial charge in [0.1, 0.15) is 11.5 Å². The lowest BCUT2D eigenvalue weighted by Crippen LogP contribution is -2.42. The number of ether oxygens (including phenoxy) is 1. The number of rotatable bonds is 6. The summed E-state index contributed by atoms with van der Waals surface area (Å²) in [7, 11) is 0. The Bertz CT molecular complexity index is 371. The third-order valence-corrected chi connectivity index (χ3v) is 2.95. The molecule has 0 saturated carbocycles. The second-order valence-corrected chi connectivity index (χ2v) is 5.52. The number of benzene rings is 1. The van der Waals surface area contributed by atoms with Crippen LogP contribution in [-0.4, -0.2) is 17.4 Å². The molecule has 0 saturated heterocycles. The summed E-state index contributed by atoms with van der Waals surface area (Å²) < 4.78 is 5.74. The lowest BCUT2D eigenvalue weighted by molar-refractivity contribution is 0.00607. The second-order valence-electron chi connectivity index (χ2n) is 5.52. The van der Waals surface area contributed by atoms with Gasteiger partial charge >= 0.3 is 0 Å². The molecule has 0 bridgehead atoms. The number of nitrogens with two attached hydrogens (primary N) is 1. The van der Waals surface area contributed by atoms with Gasteiger partial charge in [-0.05, 0) is 37.3 Å². The number of aliphatic hydroxyl groups is 1. The summed E-state index contributed by atoms with van der Waals surface area (Å²) in [5.74, 6) is 1.28. The molecule has 0 amide bonds. The lowest BCUT2D eigenvalue weighted by atomic mass is 9.98. The van der Waals surface area contributed by atoms with Crippen LogP contribution >= 0.6 is 12.4 Å². The van der Waals surface area contributed by atoms with Gasteiger partial charge in [0, 0.05) is 6.42 Å². The molecule has 1 atom stereocenters. The zero-order valence-electron chi connectivity index (χ0n) is 12.3. The third-order valence-electron chi connectivity index (χ3n) is 2.95. The molecule has 1 unspecified atom stereocenters. The van der Waals surface area contributed by atoms with Crippen molar-refractivity contribution in [2.24, 2.45) is 11.7 Å². The van der Waals surface area contributed by atoms with Gasteiger partial charge in [0.05, 0.1) is 6.61 Å². The SMILES string of the molecule is Cc1cccc(C)c1OCCC(N)(O)CC(C)C.Cl. The van der Waals surface area contributed by atoms with Crippen LogP contribution in [0.15, 0.2) is 18.2 Å². The summed E-state index contributed by atoms with van der Waals surface area (Å²) in [5.41, 5.74) is 6.92. The van der Waals surface area contributed by atoms with Gasteiger partial charge in [0.2, 0.25) is 0 Å². The molecule has 0 radical (unpaired) electrons. The standard InChI is InChI=1S/C15H25NO2.ClH/c1-11(2)10-15(16,17)8-9-18-14-12(3)6-5-7-13(14)4;/h5-7,11,17H,8-10,16H2,1-4H3;1H. The average Bonchev–Trinajstić information content (AvgIpc) is 2.20. The number of aryl methyl sites for hydroxylation is 2. The van der Waals surface area contributed by atoms with E-state index in [-0.39, 0.29) is 12.4 Å². The van der Waals surface area contributed by atoms with Gasteiger partial charge in [0.15, 0.2) is 0 Å². The van der Waals surface area contributed by atoms with Crippen molar-refractivity contribution >= 4 is 12.4 Å². The topological polar surface area (TPSA) is 55.5 Å². The van der Waals surface area contributed by atoms with E-state index in [1.165, 1.54) is 0 Å². The predicted octanol–water partition coefficient (Wildman–Crippen LogP) is 3.19. The summed E-state index contributed by atoms with van der Waals surface area (Å²) in [5, 5.41) is 10.00. The van der Waals surface area contributed by atoms with Crippen LogP contribution in [0.3, 0.4) is 0 Å². The van der Waals surface area contributed by atoms with Gasteiger partial charge in [-0.2, -0.15) is 0 Å². The molecular weight excluding hydrogens is 262 g/mol. The first-order valence-corrected chi connectivity index (χ1v) is 6.52. The molecule has 110 valence electrons. The molecular formula is C15H26ClNO2. The Morgan fingerprint density at radius 1 is 1.26 bits per heavy atom. The summed E-state index contributed by atoms with van der Waals surface area (Å²) >= 11 is 0. The van der Waals surface area contributed by atoms with Crippen molar-refractivity contribution in [1.29, 1.82) is 0 Å². The maximum Gasteiger partial charge on any atom is 0.125 e. The second kappa shape index (κ2) is 7.73. The van der Waals surface area contributed by atoms with E-state index in [4.69, 9.17) is 10.5 Å². The zero-order valence-corrected chi connectivity index (χ0v) is 13.1. The van der Waals surface area contributed by atoms with Crippen molar-refractivity contribution in [3.8, 4) is 5.75 Å². The van der Waals surface area contributed by atoms with Crippen molar-refractivity contribution < 1.29 is 9.84 Å². The van der Waals surface area contributed by atoms with Crippen LogP contribution in [0, 0.1) is 19.8 Å². The molecule has 1 aromatic carbocycles. The Morgan fingerprint density at radius 3 is 2.26 bits per heavy atom. The van der Waals surface area contributed by atoms with Crippen molar-refractivity contribution in [3.63, 3.8) is 0 Å². The Hall–Kier alpha value is -0.770. The Kier molecular flexibility index (Phi) is 7.42. The molecule has 19 heavy (non-hydrogen) atoms. The quantitative estimate of drug-likeness (QED) is 0.790. The van der Waals surface area contributed by atoms with Gasteiger partial charge in [-0.15, -0.1) is 12.4 Å². The highest BCUT2D eigenvalue weighted by molar-refractivity contribution is 5.85. The van der Waals surface area contributed by atoms with Crippen LogP contribution in [0.1, 0.15) is 37.8 Å². The molecule has 0 aliphatic heterocycles. The van der Waals surface area contributed by atoms with E-state index < -0.39 is 5.72 Å². The van der Waals surface area contributed by atoms with Crippen LogP contribution in [0.5, 0.6) is 5.75 Å². The number of halogens is 1. The van der Waals surface area contributed by atoms with Gasteiger partial charge in [-0.3, -0.25) is 0 Å². The first-order chi connectivity index (χ1) is 8.32. The van der Waals surface area contributed by atoms with E-state index in [1.54, 1.807) is 0 Å². The molecule has 0 aliphatic carbocycles. The van der Waals surface area contributed by atoms with Crippen LogP contribution in [0.2, 0.25) is 0 Å². The highest BCUT2D eigenvalue weighted by atomic mass is 35.5. The maximum atomic E-state index is 10.00. The van der Waals surface area contributed by atoms with E-state index in [1.807, 2.05) is 45.9 Å². The number of hydrogen-bond acceptors (Lipinski definition) is 3. The Morgan fingerprint density at radius 2 is 1.79 bits per heavy atom. The fraction of sp³-hybridized carbons (Fsp3) is 0.600. The largest absolute Gasteiger partial charge is 0.493 e. The van der Waals surface area contributed by atoms with Crippen molar-refractivity contribution in [1.82, 2.24) is 0 Å². The van der Waals surface area contributed by atoms with Crippen LogP contribution in [-0.2, 0) is 0 Å². The molecule has 1 aromatic rings. The average molecular weight is 288 g/mol. The molecule has 3 nitrogen and oxygen atoms in total. The fourth-order valence-electron chi connectivity index (χ4n) is 2.17.